The lowest BCUT2D eigenvalue weighted by Crippen LogP contribution is -2.68. The molecular formula is C16H29NO3SSi. The summed E-state index contributed by atoms with van der Waals surface area (Å²) in [4.78, 5) is 24.2. The van der Waals surface area contributed by atoms with Crippen molar-refractivity contribution in [1.29, 1.82) is 0 Å². The topological polar surface area (TPSA) is 55.4 Å². The molecule has 1 amide bonds. The van der Waals surface area contributed by atoms with E-state index in [1.807, 2.05) is 6.92 Å². The van der Waals surface area contributed by atoms with Crippen molar-refractivity contribution in [3.63, 3.8) is 0 Å². The Morgan fingerprint density at radius 3 is 2.45 bits per heavy atom. The fraction of sp³-hybridized carbons (Fsp3) is 0.875. The van der Waals surface area contributed by atoms with Gasteiger partial charge in [0.1, 0.15) is 5.78 Å². The van der Waals surface area contributed by atoms with Gasteiger partial charge in [-0.2, -0.15) is 0 Å². The fourth-order valence-electron chi connectivity index (χ4n) is 2.90. The predicted octanol–water partition coefficient (Wildman–Crippen LogP) is 2.98. The Hall–Kier alpha value is -0.333. The average molecular weight is 344 g/mol. The van der Waals surface area contributed by atoms with Crippen molar-refractivity contribution < 1.29 is 14.0 Å². The summed E-state index contributed by atoms with van der Waals surface area (Å²) in [6.45, 7) is 13.0. The fourth-order valence-corrected chi connectivity index (χ4v) is 5.64. The highest BCUT2D eigenvalue weighted by molar-refractivity contribution is 8.00. The summed E-state index contributed by atoms with van der Waals surface area (Å²) >= 11 is 1.69. The summed E-state index contributed by atoms with van der Waals surface area (Å²) in [6.07, 6.45) is 1.48. The Labute approximate surface area is 139 Å². The van der Waals surface area contributed by atoms with E-state index in [2.05, 4.69) is 39.2 Å². The van der Waals surface area contributed by atoms with Gasteiger partial charge in [-0.3, -0.25) is 9.59 Å². The van der Waals surface area contributed by atoms with Crippen molar-refractivity contribution in [2.45, 2.75) is 76.1 Å². The minimum atomic E-state index is -1.91. The molecule has 0 aliphatic carbocycles. The zero-order valence-corrected chi connectivity index (χ0v) is 16.4. The van der Waals surface area contributed by atoms with Gasteiger partial charge in [0, 0.05) is 6.42 Å². The van der Waals surface area contributed by atoms with Crippen LogP contribution in [0.5, 0.6) is 0 Å². The van der Waals surface area contributed by atoms with Gasteiger partial charge in [0.05, 0.1) is 23.3 Å². The van der Waals surface area contributed by atoms with Crippen LogP contribution in [0.15, 0.2) is 0 Å². The third-order valence-electron chi connectivity index (χ3n) is 5.30. The van der Waals surface area contributed by atoms with E-state index < -0.39 is 8.32 Å². The van der Waals surface area contributed by atoms with Gasteiger partial charge in [-0.25, -0.2) is 0 Å². The number of nitrogens with one attached hydrogen (secondary N) is 1. The van der Waals surface area contributed by atoms with Gasteiger partial charge < -0.3 is 9.74 Å². The number of rotatable bonds is 4. The number of amides is 1. The highest BCUT2D eigenvalue weighted by Gasteiger charge is 2.51. The van der Waals surface area contributed by atoms with Crippen LogP contribution in [-0.2, 0) is 14.0 Å². The molecule has 0 aromatic rings. The Morgan fingerprint density at radius 1 is 1.32 bits per heavy atom. The number of carbonyl (C=O) groups excluding carboxylic acids is 2. The van der Waals surface area contributed by atoms with Crippen LogP contribution in [0.3, 0.4) is 0 Å². The van der Waals surface area contributed by atoms with Crippen LogP contribution in [0, 0.1) is 5.92 Å². The number of carbonyl (C=O) groups is 2. The zero-order valence-electron chi connectivity index (χ0n) is 14.6. The third-order valence-corrected chi connectivity index (χ3v) is 11.3. The SMILES string of the molecule is CC(O[Si](C)(C)C(C)(C)C)[C@H]1C(=O)N[C@@H]1[C@H]1SCCCC1=O. The second-order valence-corrected chi connectivity index (χ2v) is 14.0. The second kappa shape index (κ2) is 6.28. The van der Waals surface area contributed by atoms with Gasteiger partial charge in [-0.15, -0.1) is 11.8 Å². The van der Waals surface area contributed by atoms with Crippen LogP contribution >= 0.6 is 11.8 Å². The minimum Gasteiger partial charge on any atom is -0.413 e. The van der Waals surface area contributed by atoms with Gasteiger partial charge in [-0.1, -0.05) is 20.8 Å². The van der Waals surface area contributed by atoms with E-state index >= 15 is 0 Å². The van der Waals surface area contributed by atoms with Crippen molar-refractivity contribution in [3.05, 3.63) is 0 Å². The number of thioether (sulfide) groups is 1. The Kier molecular flexibility index (Phi) is 5.14. The van der Waals surface area contributed by atoms with Crippen LogP contribution in [0.1, 0.15) is 40.5 Å². The van der Waals surface area contributed by atoms with Gasteiger partial charge in [0.2, 0.25) is 5.91 Å². The molecule has 0 aromatic carbocycles. The molecule has 126 valence electrons. The van der Waals surface area contributed by atoms with Crippen molar-refractivity contribution in [2.75, 3.05) is 5.75 Å². The maximum Gasteiger partial charge on any atom is 0.228 e. The molecule has 0 saturated carbocycles. The van der Waals surface area contributed by atoms with Gasteiger partial charge in [0.15, 0.2) is 8.32 Å². The highest BCUT2D eigenvalue weighted by Crippen LogP contribution is 2.40. The molecule has 2 saturated heterocycles. The molecule has 4 nitrogen and oxygen atoms in total. The highest BCUT2D eigenvalue weighted by atomic mass is 32.2. The van der Waals surface area contributed by atoms with E-state index in [1.165, 1.54) is 0 Å². The summed E-state index contributed by atoms with van der Waals surface area (Å²) in [5.41, 5.74) is 0. The van der Waals surface area contributed by atoms with Crippen LogP contribution in [0.25, 0.3) is 0 Å². The van der Waals surface area contributed by atoms with Gasteiger partial charge >= 0.3 is 0 Å². The Balaban J connectivity index is 2.06. The molecule has 1 N–H and O–H groups in total. The molecule has 2 aliphatic heterocycles. The molecule has 4 atom stereocenters. The van der Waals surface area contributed by atoms with E-state index in [9.17, 15) is 9.59 Å². The lowest BCUT2D eigenvalue weighted by Gasteiger charge is -2.47. The standard InChI is InChI=1S/C16H29NO3SSi/c1-10(20-22(5,6)16(2,3)4)12-13(17-15(12)19)14-11(18)8-7-9-21-14/h10,12-14H,7-9H2,1-6H3,(H,17,19)/t10?,12-,13+,14+/m1/s1. The Morgan fingerprint density at radius 2 is 1.95 bits per heavy atom. The van der Waals surface area contributed by atoms with Crippen LogP contribution < -0.4 is 5.32 Å². The van der Waals surface area contributed by atoms with E-state index in [0.717, 1.165) is 12.2 Å². The molecule has 0 bridgehead atoms. The first kappa shape index (κ1) is 18.0. The van der Waals surface area contributed by atoms with Crippen LogP contribution in [0.2, 0.25) is 18.1 Å². The summed E-state index contributed by atoms with van der Waals surface area (Å²) in [7, 11) is -1.91. The number of ketones is 1. The largest absolute Gasteiger partial charge is 0.413 e. The third kappa shape index (κ3) is 3.43. The van der Waals surface area contributed by atoms with Gasteiger partial charge in [0.25, 0.3) is 0 Å². The van der Waals surface area contributed by atoms with Gasteiger partial charge in [-0.05, 0) is 37.2 Å². The molecular weight excluding hydrogens is 314 g/mol. The lowest BCUT2D eigenvalue weighted by atomic mass is 9.82. The molecule has 2 heterocycles. The first-order valence-corrected chi connectivity index (χ1v) is 12.1. The summed E-state index contributed by atoms with van der Waals surface area (Å²) in [5.74, 6) is 1.14. The number of Topliss-reactive ketones (excluding diaryl/α,β-unsaturated/α-hetero) is 1. The molecule has 2 fully saturated rings. The Bertz CT molecular complexity index is 461. The summed E-state index contributed by atoms with van der Waals surface area (Å²) in [5, 5.41) is 2.99. The second-order valence-electron chi connectivity index (χ2n) is 8.00. The average Bonchev–Trinajstić information content (AvgIpc) is 2.34. The predicted molar refractivity (Wildman–Crippen MR) is 93.7 cm³/mol. The molecule has 0 radical (unpaired) electrons. The first-order chi connectivity index (χ1) is 10.0. The number of hydrogen-bond donors (Lipinski definition) is 1. The van der Waals surface area contributed by atoms with E-state index in [4.69, 9.17) is 4.43 Å². The number of hydrogen-bond acceptors (Lipinski definition) is 4. The smallest absolute Gasteiger partial charge is 0.228 e. The van der Waals surface area contributed by atoms with Crippen LogP contribution in [0.4, 0.5) is 0 Å². The minimum absolute atomic E-state index is 0.0372. The van der Waals surface area contributed by atoms with Crippen LogP contribution in [-0.4, -0.2) is 43.2 Å². The molecule has 22 heavy (non-hydrogen) atoms. The number of β-lactam (4-membered cyclic amide) rings is 1. The molecule has 1 unspecified atom stereocenters. The molecule has 0 aromatic heterocycles. The van der Waals surface area contributed by atoms with E-state index in [-0.39, 0.29) is 40.0 Å². The maximum atomic E-state index is 12.1. The van der Waals surface area contributed by atoms with E-state index in [1.54, 1.807) is 11.8 Å². The molecule has 0 spiro atoms. The molecule has 6 heteroatoms. The summed E-state index contributed by atoms with van der Waals surface area (Å²) < 4.78 is 6.39. The monoisotopic (exact) mass is 343 g/mol. The van der Waals surface area contributed by atoms with Crippen molar-refractivity contribution in [1.82, 2.24) is 5.32 Å². The van der Waals surface area contributed by atoms with Crippen molar-refractivity contribution in [3.8, 4) is 0 Å². The van der Waals surface area contributed by atoms with E-state index in [0.29, 0.717) is 6.42 Å². The quantitative estimate of drug-likeness (QED) is 0.630. The lowest BCUT2D eigenvalue weighted by molar-refractivity contribution is -0.141. The van der Waals surface area contributed by atoms with Crippen molar-refractivity contribution in [2.24, 2.45) is 5.92 Å². The molecule has 2 aliphatic rings. The first-order valence-electron chi connectivity index (χ1n) is 8.17. The van der Waals surface area contributed by atoms with Crippen molar-refractivity contribution >= 4 is 31.8 Å². The summed E-state index contributed by atoms with van der Waals surface area (Å²) in [6, 6.07) is -0.0509. The maximum absolute atomic E-state index is 12.1. The molecule has 2 rings (SSSR count). The normalized spacial score (nSPS) is 31.5. The zero-order chi connectivity index (χ0) is 16.7.